The van der Waals surface area contributed by atoms with Crippen LogP contribution in [0.5, 0.6) is 0 Å². The first kappa shape index (κ1) is 17.5. The topological polar surface area (TPSA) is 88.5 Å². The monoisotopic (exact) mass is 312 g/mol. The molecule has 0 aromatic carbocycles. The number of nitrogens with zero attached hydrogens (tertiary/aromatic N) is 1. The van der Waals surface area contributed by atoms with E-state index in [1.54, 1.807) is 12.1 Å². The fourth-order valence-corrected chi connectivity index (χ4v) is 2.11. The molecule has 7 heteroatoms. The molecule has 0 aliphatic carbocycles. The fraction of sp³-hybridized carbons (Fsp3) is 0.500. The van der Waals surface area contributed by atoms with Crippen LogP contribution in [-0.2, 0) is 21.7 Å². The van der Waals surface area contributed by atoms with Crippen molar-refractivity contribution < 1.29 is 19.4 Å². The third-order valence-corrected chi connectivity index (χ3v) is 3.37. The highest BCUT2D eigenvalue weighted by Gasteiger charge is 2.27. The maximum Gasteiger partial charge on any atom is 0.331 e. The van der Waals surface area contributed by atoms with Crippen molar-refractivity contribution in [1.82, 2.24) is 10.3 Å². The Morgan fingerprint density at radius 2 is 2.14 bits per heavy atom. The number of amides is 1. The highest BCUT2D eigenvalue weighted by atomic mass is 32.1. The molecule has 0 aliphatic heterocycles. The number of hydrogen-bond donors (Lipinski definition) is 3. The van der Waals surface area contributed by atoms with E-state index in [2.05, 4.69) is 27.7 Å². The van der Waals surface area contributed by atoms with Gasteiger partial charge in [-0.1, -0.05) is 13.0 Å². The number of pyridine rings is 1. The summed E-state index contributed by atoms with van der Waals surface area (Å²) in [7, 11) is 1.19. The molecular weight excluding hydrogens is 292 g/mol. The number of aliphatic hydroxyl groups excluding tert-OH is 1. The molecule has 0 fully saturated rings. The van der Waals surface area contributed by atoms with Crippen LogP contribution in [0.3, 0.4) is 0 Å². The van der Waals surface area contributed by atoms with Gasteiger partial charge in [0.25, 0.3) is 5.91 Å². The summed E-state index contributed by atoms with van der Waals surface area (Å²) in [5, 5.41) is 12.0. The van der Waals surface area contributed by atoms with Gasteiger partial charge in [0.05, 0.1) is 13.2 Å². The molecule has 0 spiro atoms. The number of carbonyl (C=O) groups is 2. The number of ether oxygens (including phenoxy) is 1. The van der Waals surface area contributed by atoms with Crippen LogP contribution in [0, 0.1) is 0 Å². The van der Waals surface area contributed by atoms with Crippen LogP contribution in [0.4, 0.5) is 0 Å². The van der Waals surface area contributed by atoms with Crippen molar-refractivity contribution in [3.05, 3.63) is 29.1 Å². The lowest BCUT2D eigenvalue weighted by Gasteiger charge is -2.19. The molecule has 0 saturated carbocycles. The number of aliphatic hydroxyl groups is 1. The van der Waals surface area contributed by atoms with Crippen LogP contribution in [-0.4, -0.2) is 41.2 Å². The molecule has 1 amide bonds. The van der Waals surface area contributed by atoms with Gasteiger partial charge in [-0.3, -0.25) is 4.79 Å². The van der Waals surface area contributed by atoms with Crippen LogP contribution in [0.25, 0.3) is 0 Å². The quantitative estimate of drug-likeness (QED) is 0.532. The number of carbonyl (C=O) groups excluding carboxylic acids is 2. The predicted molar refractivity (Wildman–Crippen MR) is 81.3 cm³/mol. The molecule has 0 bridgehead atoms. The number of nitrogens with one attached hydrogen (secondary N) is 1. The smallest absolute Gasteiger partial charge is 0.331 e. The lowest BCUT2D eigenvalue weighted by molar-refractivity contribution is -0.145. The SMILES string of the molecule is CCc1nc(C(=O)NC(C(=O)OC)C(C)O)ccc1CS. The maximum atomic E-state index is 12.1. The zero-order chi connectivity index (χ0) is 16.0. The molecule has 0 aliphatic rings. The number of thiol groups is 1. The summed E-state index contributed by atoms with van der Waals surface area (Å²) in [6.07, 6.45) is -0.392. The van der Waals surface area contributed by atoms with Crippen LogP contribution >= 0.6 is 12.6 Å². The van der Waals surface area contributed by atoms with Crippen molar-refractivity contribution in [2.24, 2.45) is 0 Å². The number of rotatable bonds is 6. The van der Waals surface area contributed by atoms with E-state index in [1.807, 2.05) is 6.92 Å². The molecule has 2 unspecified atom stereocenters. The summed E-state index contributed by atoms with van der Waals surface area (Å²) in [5.74, 6) is -0.705. The number of esters is 1. The number of aryl methyl sites for hydroxylation is 1. The first-order valence-electron chi connectivity index (χ1n) is 6.61. The molecule has 2 atom stereocenters. The summed E-state index contributed by atoms with van der Waals surface area (Å²) in [6.45, 7) is 3.33. The van der Waals surface area contributed by atoms with Crippen molar-refractivity contribution >= 4 is 24.5 Å². The van der Waals surface area contributed by atoms with Crippen LogP contribution < -0.4 is 5.32 Å². The molecule has 1 aromatic rings. The minimum Gasteiger partial charge on any atom is -0.467 e. The summed E-state index contributed by atoms with van der Waals surface area (Å²) in [4.78, 5) is 27.9. The summed E-state index contributed by atoms with van der Waals surface area (Å²) >= 11 is 4.21. The van der Waals surface area contributed by atoms with E-state index >= 15 is 0 Å². The molecule has 1 heterocycles. The van der Waals surface area contributed by atoms with Crippen molar-refractivity contribution in [3.8, 4) is 0 Å². The Morgan fingerprint density at radius 3 is 2.62 bits per heavy atom. The second-order valence-electron chi connectivity index (χ2n) is 4.53. The Labute approximate surface area is 129 Å². The van der Waals surface area contributed by atoms with E-state index in [4.69, 9.17) is 0 Å². The van der Waals surface area contributed by atoms with Crippen molar-refractivity contribution in [2.45, 2.75) is 38.2 Å². The van der Waals surface area contributed by atoms with Crippen LogP contribution in [0.2, 0.25) is 0 Å². The predicted octanol–water partition coefficient (Wildman–Crippen LogP) is 0.726. The Kier molecular flexibility index (Phi) is 6.64. The largest absolute Gasteiger partial charge is 0.467 e. The second kappa shape index (κ2) is 7.99. The Balaban J connectivity index is 2.95. The van der Waals surface area contributed by atoms with E-state index in [9.17, 15) is 14.7 Å². The minimum absolute atomic E-state index is 0.187. The van der Waals surface area contributed by atoms with Gasteiger partial charge in [-0.2, -0.15) is 12.6 Å². The highest BCUT2D eigenvalue weighted by molar-refractivity contribution is 7.79. The van der Waals surface area contributed by atoms with Crippen molar-refractivity contribution in [1.29, 1.82) is 0 Å². The van der Waals surface area contributed by atoms with Gasteiger partial charge < -0.3 is 15.2 Å². The molecule has 116 valence electrons. The van der Waals surface area contributed by atoms with Gasteiger partial charge >= 0.3 is 5.97 Å². The van der Waals surface area contributed by atoms with Crippen LogP contribution in [0.15, 0.2) is 12.1 Å². The number of aromatic nitrogens is 1. The zero-order valence-electron chi connectivity index (χ0n) is 12.3. The van der Waals surface area contributed by atoms with Gasteiger partial charge in [0.15, 0.2) is 6.04 Å². The minimum atomic E-state index is -1.13. The Hall–Kier alpha value is -1.60. The summed E-state index contributed by atoms with van der Waals surface area (Å²) in [5.41, 5.74) is 1.92. The molecule has 1 aromatic heterocycles. The molecule has 0 saturated heterocycles. The second-order valence-corrected chi connectivity index (χ2v) is 4.85. The van der Waals surface area contributed by atoms with Crippen LogP contribution in [0.1, 0.15) is 35.6 Å². The van der Waals surface area contributed by atoms with Crippen molar-refractivity contribution in [3.63, 3.8) is 0 Å². The normalized spacial score (nSPS) is 13.4. The first-order valence-corrected chi connectivity index (χ1v) is 7.24. The molecule has 0 radical (unpaired) electrons. The van der Waals surface area contributed by atoms with Gasteiger partial charge in [0.2, 0.25) is 0 Å². The lowest BCUT2D eigenvalue weighted by Crippen LogP contribution is -2.48. The van der Waals surface area contributed by atoms with E-state index in [1.165, 1.54) is 14.0 Å². The lowest BCUT2D eigenvalue weighted by atomic mass is 10.1. The number of methoxy groups -OCH3 is 1. The van der Waals surface area contributed by atoms with Gasteiger partial charge in [-0.05, 0) is 25.0 Å². The molecule has 21 heavy (non-hydrogen) atoms. The van der Waals surface area contributed by atoms with E-state index in [-0.39, 0.29) is 5.69 Å². The first-order chi connectivity index (χ1) is 9.94. The van der Waals surface area contributed by atoms with Gasteiger partial charge in [-0.25, -0.2) is 9.78 Å². The Morgan fingerprint density at radius 1 is 1.48 bits per heavy atom. The average molecular weight is 312 g/mol. The average Bonchev–Trinajstić information content (AvgIpc) is 2.50. The fourth-order valence-electron chi connectivity index (χ4n) is 1.83. The molecule has 1 rings (SSSR count). The molecular formula is C14H20N2O4S. The van der Waals surface area contributed by atoms with Crippen molar-refractivity contribution in [2.75, 3.05) is 7.11 Å². The third-order valence-electron chi connectivity index (χ3n) is 3.03. The van der Waals surface area contributed by atoms with Gasteiger partial charge in [-0.15, -0.1) is 0 Å². The molecule has 6 nitrogen and oxygen atoms in total. The van der Waals surface area contributed by atoms with E-state index < -0.39 is 24.0 Å². The van der Waals surface area contributed by atoms with Gasteiger partial charge in [0.1, 0.15) is 5.69 Å². The zero-order valence-corrected chi connectivity index (χ0v) is 13.2. The highest BCUT2D eigenvalue weighted by Crippen LogP contribution is 2.11. The molecule has 2 N–H and O–H groups in total. The Bertz CT molecular complexity index is 520. The number of hydrogen-bond acceptors (Lipinski definition) is 6. The summed E-state index contributed by atoms with van der Waals surface area (Å²) in [6, 6.07) is 2.22. The van der Waals surface area contributed by atoms with E-state index in [0.717, 1.165) is 11.3 Å². The maximum absolute atomic E-state index is 12.1. The van der Waals surface area contributed by atoms with E-state index in [0.29, 0.717) is 12.2 Å². The summed E-state index contributed by atoms with van der Waals surface area (Å²) < 4.78 is 4.55. The van der Waals surface area contributed by atoms with Gasteiger partial charge in [0, 0.05) is 11.4 Å². The standard InChI is InChI=1S/C14H20N2O4S/c1-4-10-9(7-21)5-6-11(15-10)13(18)16-12(8(2)17)14(19)20-3/h5-6,8,12,17,21H,4,7H2,1-3H3,(H,16,18). The third kappa shape index (κ3) is 4.44.